The van der Waals surface area contributed by atoms with Gasteiger partial charge in [0.15, 0.2) is 0 Å². The normalized spacial score (nSPS) is 14.2. The van der Waals surface area contributed by atoms with Crippen molar-refractivity contribution >= 4 is 21.6 Å². The lowest BCUT2D eigenvalue weighted by Crippen LogP contribution is -2.28. The van der Waals surface area contributed by atoms with Gasteiger partial charge in [-0.05, 0) is 55.3 Å². The predicted molar refractivity (Wildman–Crippen MR) is 88.9 cm³/mol. The highest BCUT2D eigenvalue weighted by Crippen LogP contribution is 2.24. The molecule has 2 aromatic carbocycles. The number of rotatable bonds is 5. The van der Waals surface area contributed by atoms with Crippen molar-refractivity contribution in [2.75, 3.05) is 11.4 Å². The molecule has 0 spiro atoms. The smallest absolute Gasteiger partial charge is 0.264 e. The van der Waals surface area contributed by atoms with Crippen LogP contribution in [0.5, 0.6) is 0 Å². The molecule has 7 heteroatoms. The summed E-state index contributed by atoms with van der Waals surface area (Å²) in [7, 11) is -2.45. The van der Waals surface area contributed by atoms with Gasteiger partial charge in [-0.25, -0.2) is 12.8 Å². The Labute approximate surface area is 140 Å². The second-order valence-electron chi connectivity index (χ2n) is 5.72. The molecule has 1 aliphatic rings. The largest absolute Gasteiger partial charge is 0.349 e. The monoisotopic (exact) mass is 348 g/mol. The number of sulfonamides is 1. The van der Waals surface area contributed by atoms with E-state index in [-0.39, 0.29) is 16.8 Å². The fraction of sp³-hybridized carbons (Fsp3) is 0.235. The van der Waals surface area contributed by atoms with Crippen molar-refractivity contribution in [2.45, 2.75) is 23.8 Å². The molecule has 3 rings (SSSR count). The number of halogens is 1. The van der Waals surface area contributed by atoms with E-state index in [1.165, 1.54) is 49.5 Å². The van der Waals surface area contributed by atoms with Gasteiger partial charge in [-0.3, -0.25) is 9.10 Å². The van der Waals surface area contributed by atoms with Gasteiger partial charge in [-0.1, -0.05) is 6.07 Å². The van der Waals surface area contributed by atoms with Crippen LogP contribution >= 0.6 is 0 Å². The van der Waals surface area contributed by atoms with E-state index in [0.29, 0.717) is 11.3 Å². The van der Waals surface area contributed by atoms with Crippen LogP contribution in [0.15, 0.2) is 53.4 Å². The third-order valence-corrected chi connectivity index (χ3v) is 5.64. The lowest BCUT2D eigenvalue weighted by Gasteiger charge is -2.19. The molecule has 24 heavy (non-hydrogen) atoms. The number of anilines is 1. The number of nitrogens with zero attached hydrogens (tertiary/aromatic N) is 1. The summed E-state index contributed by atoms with van der Waals surface area (Å²) in [5.74, 6) is -0.720. The van der Waals surface area contributed by atoms with Gasteiger partial charge in [0.2, 0.25) is 0 Å². The number of carbonyl (C=O) groups excluding carboxylic acids is 1. The van der Waals surface area contributed by atoms with Crippen molar-refractivity contribution in [1.29, 1.82) is 0 Å². The van der Waals surface area contributed by atoms with Crippen molar-refractivity contribution in [2.24, 2.45) is 0 Å². The van der Waals surface area contributed by atoms with Crippen molar-refractivity contribution < 1.29 is 17.6 Å². The molecule has 1 saturated carbocycles. The van der Waals surface area contributed by atoms with Gasteiger partial charge >= 0.3 is 0 Å². The van der Waals surface area contributed by atoms with Crippen LogP contribution in [0.4, 0.5) is 10.1 Å². The number of nitrogens with one attached hydrogen (secondary N) is 1. The molecule has 126 valence electrons. The second-order valence-corrected chi connectivity index (χ2v) is 7.69. The highest BCUT2D eigenvalue weighted by molar-refractivity contribution is 7.92. The van der Waals surface area contributed by atoms with Crippen LogP contribution < -0.4 is 9.62 Å². The van der Waals surface area contributed by atoms with Crippen LogP contribution in [-0.4, -0.2) is 27.4 Å². The Morgan fingerprint density at radius 2 is 1.83 bits per heavy atom. The first kappa shape index (κ1) is 16.4. The molecular formula is C17H17FN2O3S. The molecule has 1 fully saturated rings. The van der Waals surface area contributed by atoms with Crippen LogP contribution in [0.2, 0.25) is 0 Å². The molecule has 2 aromatic rings. The Morgan fingerprint density at radius 1 is 1.17 bits per heavy atom. The molecule has 0 unspecified atom stereocenters. The molecule has 1 aliphatic carbocycles. The Morgan fingerprint density at radius 3 is 2.46 bits per heavy atom. The van der Waals surface area contributed by atoms with Gasteiger partial charge in [-0.15, -0.1) is 0 Å². The summed E-state index contributed by atoms with van der Waals surface area (Å²) in [6.45, 7) is 0. The first-order valence-electron chi connectivity index (χ1n) is 7.53. The van der Waals surface area contributed by atoms with Crippen molar-refractivity contribution in [3.05, 3.63) is 59.9 Å². The number of benzene rings is 2. The molecule has 0 saturated heterocycles. The summed E-state index contributed by atoms with van der Waals surface area (Å²) in [4.78, 5) is 12.1. The summed E-state index contributed by atoms with van der Waals surface area (Å²) in [5, 5.41) is 2.83. The van der Waals surface area contributed by atoms with Crippen LogP contribution in [-0.2, 0) is 10.0 Å². The average molecular weight is 348 g/mol. The summed E-state index contributed by atoms with van der Waals surface area (Å²) < 4.78 is 39.5. The van der Waals surface area contributed by atoms with Crippen LogP contribution in [0, 0.1) is 5.82 Å². The zero-order chi connectivity index (χ0) is 17.3. The van der Waals surface area contributed by atoms with Crippen molar-refractivity contribution in [1.82, 2.24) is 5.32 Å². The van der Waals surface area contributed by atoms with E-state index in [9.17, 15) is 17.6 Å². The number of amides is 1. The molecular weight excluding hydrogens is 331 g/mol. The lowest BCUT2D eigenvalue weighted by atomic mass is 10.2. The Bertz CT molecular complexity index is 862. The molecule has 0 aliphatic heterocycles. The maximum Gasteiger partial charge on any atom is 0.264 e. The van der Waals surface area contributed by atoms with E-state index < -0.39 is 15.8 Å². The van der Waals surface area contributed by atoms with Crippen molar-refractivity contribution in [3.63, 3.8) is 0 Å². The highest BCUT2D eigenvalue weighted by Gasteiger charge is 2.26. The minimum absolute atomic E-state index is 0.0118. The predicted octanol–water partition coefficient (Wildman–Crippen LogP) is 2.54. The average Bonchev–Trinajstić information content (AvgIpc) is 3.39. The quantitative estimate of drug-likeness (QED) is 0.903. The van der Waals surface area contributed by atoms with E-state index in [1.807, 2.05) is 0 Å². The minimum Gasteiger partial charge on any atom is -0.349 e. The molecule has 1 amide bonds. The third-order valence-electron chi connectivity index (χ3n) is 3.86. The molecule has 0 atom stereocenters. The zero-order valence-corrected chi connectivity index (χ0v) is 13.9. The molecule has 0 bridgehead atoms. The van der Waals surface area contributed by atoms with Gasteiger partial charge in [0.05, 0.1) is 10.6 Å². The fourth-order valence-corrected chi connectivity index (χ4v) is 3.48. The first-order valence-corrected chi connectivity index (χ1v) is 8.97. The topological polar surface area (TPSA) is 66.5 Å². The van der Waals surface area contributed by atoms with Gasteiger partial charge in [0, 0.05) is 18.7 Å². The summed E-state index contributed by atoms with van der Waals surface area (Å²) >= 11 is 0. The SMILES string of the molecule is CN(c1ccc(F)cc1)S(=O)(=O)c1cccc(C(=O)NC2CC2)c1. The standard InChI is InChI=1S/C17H17FN2O3S/c1-20(15-9-5-13(18)6-10-15)24(22,23)16-4-2-3-12(11-16)17(21)19-14-7-8-14/h2-6,9-11,14H,7-8H2,1H3,(H,19,21). The summed E-state index contributed by atoms with van der Waals surface area (Å²) in [6, 6.07) is 11.3. The second kappa shape index (κ2) is 6.24. The summed E-state index contributed by atoms with van der Waals surface area (Å²) in [5.41, 5.74) is 0.639. The molecule has 1 N–H and O–H groups in total. The van der Waals surface area contributed by atoms with Gasteiger partial charge < -0.3 is 5.32 Å². The molecule has 0 aromatic heterocycles. The van der Waals surface area contributed by atoms with E-state index >= 15 is 0 Å². The highest BCUT2D eigenvalue weighted by atomic mass is 32.2. The Hall–Kier alpha value is -2.41. The number of hydrogen-bond acceptors (Lipinski definition) is 3. The van der Waals surface area contributed by atoms with E-state index in [2.05, 4.69) is 5.32 Å². The molecule has 0 heterocycles. The van der Waals surface area contributed by atoms with Crippen LogP contribution in [0.3, 0.4) is 0 Å². The minimum atomic E-state index is -3.84. The maximum absolute atomic E-state index is 13.0. The van der Waals surface area contributed by atoms with Crippen LogP contribution in [0.1, 0.15) is 23.2 Å². The van der Waals surface area contributed by atoms with E-state index in [1.54, 1.807) is 6.07 Å². The van der Waals surface area contributed by atoms with Crippen LogP contribution in [0.25, 0.3) is 0 Å². The van der Waals surface area contributed by atoms with E-state index in [4.69, 9.17) is 0 Å². The Balaban J connectivity index is 1.88. The summed E-state index contributed by atoms with van der Waals surface area (Å²) in [6.07, 6.45) is 1.91. The van der Waals surface area contributed by atoms with Crippen molar-refractivity contribution in [3.8, 4) is 0 Å². The molecule has 5 nitrogen and oxygen atoms in total. The van der Waals surface area contributed by atoms with Gasteiger partial charge in [-0.2, -0.15) is 0 Å². The number of carbonyl (C=O) groups is 1. The lowest BCUT2D eigenvalue weighted by molar-refractivity contribution is 0.0951. The first-order chi connectivity index (χ1) is 11.4. The van der Waals surface area contributed by atoms with Gasteiger partial charge in [0.1, 0.15) is 5.82 Å². The fourth-order valence-electron chi connectivity index (χ4n) is 2.24. The molecule has 0 radical (unpaired) electrons. The third kappa shape index (κ3) is 3.41. The van der Waals surface area contributed by atoms with E-state index in [0.717, 1.165) is 17.1 Å². The maximum atomic E-state index is 13.0. The van der Waals surface area contributed by atoms with Gasteiger partial charge in [0.25, 0.3) is 15.9 Å². The zero-order valence-electron chi connectivity index (χ0n) is 13.1. The number of hydrogen-bond donors (Lipinski definition) is 1. The Kier molecular flexibility index (Phi) is 4.28.